The zero-order valence-corrected chi connectivity index (χ0v) is 17.8. The third-order valence-electron chi connectivity index (χ3n) is 5.28. The first kappa shape index (κ1) is 20.3. The summed E-state index contributed by atoms with van der Waals surface area (Å²) in [5.41, 5.74) is 1.26. The number of nitrogens with one attached hydrogen (secondary N) is 2. The number of pyridine rings is 1. The molecule has 0 amide bonds. The van der Waals surface area contributed by atoms with Crippen molar-refractivity contribution in [2.45, 2.75) is 58.0 Å². The summed E-state index contributed by atoms with van der Waals surface area (Å²) in [6.45, 7) is 5.40. The maximum atomic E-state index is 4.52. The molecule has 3 rings (SSSR count). The van der Waals surface area contributed by atoms with E-state index in [9.17, 15) is 0 Å². The van der Waals surface area contributed by atoms with Crippen LogP contribution in [0.3, 0.4) is 0 Å². The van der Waals surface area contributed by atoms with Gasteiger partial charge in [0, 0.05) is 38.9 Å². The molecule has 0 bridgehead atoms. The Hall–Kier alpha value is -1.05. The van der Waals surface area contributed by atoms with Crippen molar-refractivity contribution in [1.29, 1.82) is 0 Å². The maximum Gasteiger partial charge on any atom is 0.191 e. The number of nitrogens with zero attached hydrogens (tertiary/aromatic N) is 3. The third-order valence-corrected chi connectivity index (χ3v) is 5.28. The highest BCUT2D eigenvalue weighted by atomic mass is 127. The summed E-state index contributed by atoms with van der Waals surface area (Å²) < 4.78 is 0. The molecule has 0 aromatic carbocycles. The summed E-state index contributed by atoms with van der Waals surface area (Å²) in [6.07, 6.45) is 9.60. The third kappa shape index (κ3) is 6.01. The first-order chi connectivity index (χ1) is 11.7. The highest BCUT2D eigenvalue weighted by Gasteiger charge is 2.19. The SMILES string of the molecule is CN=C(NCc1ccnc(N2CCCC2)c1)NC1CCC(C)CC1.I. The van der Waals surface area contributed by atoms with Crippen molar-refractivity contribution >= 4 is 35.8 Å². The average Bonchev–Trinajstić information content (AvgIpc) is 3.15. The lowest BCUT2D eigenvalue weighted by Crippen LogP contribution is -2.44. The van der Waals surface area contributed by atoms with Gasteiger partial charge in [-0.25, -0.2) is 4.98 Å². The predicted molar refractivity (Wildman–Crippen MR) is 116 cm³/mol. The standard InChI is InChI=1S/C19H31N5.HI/c1-15-5-7-17(8-6-15)23-19(20-2)22-14-16-9-10-21-18(13-16)24-11-3-4-12-24;/h9-10,13,15,17H,3-8,11-12,14H2,1-2H3,(H2,20,22,23);1H. The van der Waals surface area contributed by atoms with E-state index in [-0.39, 0.29) is 24.0 Å². The number of aliphatic imine (C=N–C) groups is 1. The summed E-state index contributed by atoms with van der Waals surface area (Å²) in [7, 11) is 1.85. The molecule has 0 unspecified atom stereocenters. The molecule has 1 aromatic rings. The second kappa shape index (κ2) is 10.2. The van der Waals surface area contributed by atoms with E-state index in [1.165, 1.54) is 44.1 Å². The summed E-state index contributed by atoms with van der Waals surface area (Å²) in [6, 6.07) is 4.85. The van der Waals surface area contributed by atoms with Gasteiger partial charge >= 0.3 is 0 Å². The molecule has 1 saturated carbocycles. The molecule has 2 N–H and O–H groups in total. The van der Waals surface area contributed by atoms with E-state index in [0.29, 0.717) is 6.04 Å². The first-order valence-electron chi connectivity index (χ1n) is 9.41. The van der Waals surface area contributed by atoms with E-state index in [1.54, 1.807) is 0 Å². The summed E-state index contributed by atoms with van der Waals surface area (Å²) >= 11 is 0. The molecular weight excluding hydrogens is 425 g/mol. The lowest BCUT2D eigenvalue weighted by atomic mass is 9.87. The Kier molecular flexibility index (Phi) is 8.26. The second-order valence-corrected chi connectivity index (χ2v) is 7.24. The zero-order chi connectivity index (χ0) is 16.8. The monoisotopic (exact) mass is 457 g/mol. The number of anilines is 1. The van der Waals surface area contributed by atoms with Crippen LogP contribution in [0.4, 0.5) is 5.82 Å². The molecule has 5 nitrogen and oxygen atoms in total. The Balaban J connectivity index is 0.00000225. The Bertz CT molecular complexity index is 549. The highest BCUT2D eigenvalue weighted by Crippen LogP contribution is 2.23. The van der Waals surface area contributed by atoms with Crippen LogP contribution >= 0.6 is 24.0 Å². The first-order valence-corrected chi connectivity index (χ1v) is 9.41. The lowest BCUT2D eigenvalue weighted by Gasteiger charge is -2.28. The van der Waals surface area contributed by atoms with Crippen molar-refractivity contribution < 1.29 is 0 Å². The predicted octanol–water partition coefficient (Wildman–Crippen LogP) is 3.54. The molecule has 140 valence electrons. The van der Waals surface area contributed by atoms with Crippen molar-refractivity contribution in [2.75, 3.05) is 25.0 Å². The van der Waals surface area contributed by atoms with Crippen LogP contribution in [-0.4, -0.2) is 37.1 Å². The van der Waals surface area contributed by atoms with Gasteiger partial charge in [0.25, 0.3) is 0 Å². The summed E-state index contributed by atoms with van der Waals surface area (Å²) in [4.78, 5) is 11.3. The van der Waals surface area contributed by atoms with Crippen LogP contribution in [-0.2, 0) is 6.54 Å². The smallest absolute Gasteiger partial charge is 0.191 e. The van der Waals surface area contributed by atoms with E-state index >= 15 is 0 Å². The minimum atomic E-state index is 0. The number of hydrogen-bond acceptors (Lipinski definition) is 3. The van der Waals surface area contributed by atoms with E-state index in [4.69, 9.17) is 0 Å². The maximum absolute atomic E-state index is 4.52. The molecule has 1 aliphatic heterocycles. The van der Waals surface area contributed by atoms with Gasteiger partial charge in [-0.2, -0.15) is 0 Å². The van der Waals surface area contributed by atoms with Crippen LogP contribution in [0.5, 0.6) is 0 Å². The summed E-state index contributed by atoms with van der Waals surface area (Å²) in [5, 5.41) is 7.03. The quantitative estimate of drug-likeness (QED) is 0.413. The molecule has 1 aromatic heterocycles. The Morgan fingerprint density at radius 2 is 1.96 bits per heavy atom. The fourth-order valence-corrected chi connectivity index (χ4v) is 3.67. The molecule has 0 atom stereocenters. The fraction of sp³-hybridized carbons (Fsp3) is 0.684. The largest absolute Gasteiger partial charge is 0.357 e. The molecule has 1 aliphatic carbocycles. The van der Waals surface area contributed by atoms with Gasteiger partial charge in [0.15, 0.2) is 5.96 Å². The molecule has 0 radical (unpaired) electrons. The van der Waals surface area contributed by atoms with E-state index < -0.39 is 0 Å². The van der Waals surface area contributed by atoms with Gasteiger partial charge in [-0.05, 0) is 62.1 Å². The van der Waals surface area contributed by atoms with Gasteiger partial charge in [0.2, 0.25) is 0 Å². The summed E-state index contributed by atoms with van der Waals surface area (Å²) in [5.74, 6) is 2.89. The van der Waals surface area contributed by atoms with Crippen LogP contribution in [0, 0.1) is 5.92 Å². The van der Waals surface area contributed by atoms with E-state index in [1.807, 2.05) is 13.2 Å². The molecule has 2 fully saturated rings. The van der Waals surface area contributed by atoms with Crippen molar-refractivity contribution in [3.63, 3.8) is 0 Å². The van der Waals surface area contributed by atoms with Crippen LogP contribution in [0.1, 0.15) is 51.0 Å². The molecule has 0 spiro atoms. The molecule has 2 heterocycles. The minimum Gasteiger partial charge on any atom is -0.357 e. The van der Waals surface area contributed by atoms with E-state index in [2.05, 4.69) is 44.6 Å². The van der Waals surface area contributed by atoms with Crippen LogP contribution < -0.4 is 15.5 Å². The molecule has 2 aliphatic rings. The van der Waals surface area contributed by atoms with Crippen LogP contribution in [0.2, 0.25) is 0 Å². The van der Waals surface area contributed by atoms with Crippen molar-refractivity contribution in [1.82, 2.24) is 15.6 Å². The molecule has 25 heavy (non-hydrogen) atoms. The molecular formula is C19H32IN5. The lowest BCUT2D eigenvalue weighted by molar-refractivity contribution is 0.329. The van der Waals surface area contributed by atoms with Crippen molar-refractivity contribution in [3.05, 3.63) is 23.9 Å². The van der Waals surface area contributed by atoms with E-state index in [0.717, 1.165) is 37.3 Å². The number of rotatable bonds is 4. The molecule has 6 heteroatoms. The average molecular weight is 457 g/mol. The molecule has 1 saturated heterocycles. The fourth-order valence-electron chi connectivity index (χ4n) is 3.67. The van der Waals surface area contributed by atoms with Crippen molar-refractivity contribution in [3.8, 4) is 0 Å². The van der Waals surface area contributed by atoms with Gasteiger partial charge in [0.1, 0.15) is 5.82 Å². The number of halogens is 1. The van der Waals surface area contributed by atoms with Gasteiger partial charge in [0.05, 0.1) is 0 Å². The Morgan fingerprint density at radius 3 is 2.64 bits per heavy atom. The normalized spacial score (nSPS) is 23.9. The Labute approximate surface area is 169 Å². The number of hydrogen-bond donors (Lipinski definition) is 2. The zero-order valence-electron chi connectivity index (χ0n) is 15.5. The Morgan fingerprint density at radius 1 is 1.24 bits per heavy atom. The van der Waals surface area contributed by atoms with Crippen molar-refractivity contribution in [2.24, 2.45) is 10.9 Å². The van der Waals surface area contributed by atoms with Crippen LogP contribution in [0.15, 0.2) is 23.3 Å². The number of guanidine groups is 1. The van der Waals surface area contributed by atoms with Crippen LogP contribution in [0.25, 0.3) is 0 Å². The second-order valence-electron chi connectivity index (χ2n) is 7.24. The minimum absolute atomic E-state index is 0. The highest BCUT2D eigenvalue weighted by molar-refractivity contribution is 14.0. The topological polar surface area (TPSA) is 52.6 Å². The van der Waals surface area contributed by atoms with Gasteiger partial charge < -0.3 is 15.5 Å². The van der Waals surface area contributed by atoms with Gasteiger partial charge in [-0.1, -0.05) is 6.92 Å². The van der Waals surface area contributed by atoms with Gasteiger partial charge in [-0.15, -0.1) is 24.0 Å². The number of aromatic nitrogens is 1. The van der Waals surface area contributed by atoms with Gasteiger partial charge in [-0.3, -0.25) is 4.99 Å².